The third kappa shape index (κ3) is 5.88. The van der Waals surface area contributed by atoms with Gasteiger partial charge in [-0.15, -0.1) is 0 Å². The highest BCUT2D eigenvalue weighted by Gasteiger charge is 2.25. The smallest absolute Gasteiger partial charge is 0.253 e. The summed E-state index contributed by atoms with van der Waals surface area (Å²) in [6.45, 7) is -1.01. The summed E-state index contributed by atoms with van der Waals surface area (Å²) in [7, 11) is 0. The van der Waals surface area contributed by atoms with Crippen molar-refractivity contribution in [2.24, 2.45) is 0 Å². The van der Waals surface area contributed by atoms with Gasteiger partial charge in [-0.3, -0.25) is 9.00 Å². The molecule has 1 amide bonds. The molecule has 2 N–H and O–H groups in total. The van der Waals surface area contributed by atoms with Gasteiger partial charge in [0, 0.05) is 5.75 Å². The van der Waals surface area contributed by atoms with E-state index in [1.54, 1.807) is 0 Å². The van der Waals surface area contributed by atoms with Gasteiger partial charge in [-0.2, -0.15) is 0 Å². The maximum atomic E-state index is 12.9. The summed E-state index contributed by atoms with van der Waals surface area (Å²) < 4.78 is 34.0. The predicted octanol–water partition coefficient (Wildman–Crippen LogP) is 1.36. The number of halogens is 3. The van der Waals surface area contributed by atoms with Crippen LogP contribution in [0.3, 0.4) is 0 Å². The number of nitrogens with one attached hydrogen (secondary N) is 1. The molecule has 21 heavy (non-hydrogen) atoms. The summed E-state index contributed by atoms with van der Waals surface area (Å²) in [5.74, 6) is -0.960. The largest absolute Gasteiger partial charge is 0.772 e. The van der Waals surface area contributed by atoms with E-state index in [-0.39, 0.29) is 5.75 Å². The summed E-state index contributed by atoms with van der Waals surface area (Å²) in [5, 5.41) is 12.2. The number of amides is 1. The van der Waals surface area contributed by atoms with E-state index >= 15 is 0 Å². The summed E-state index contributed by atoms with van der Waals surface area (Å²) in [5.41, 5.74) is 0.862. The van der Waals surface area contributed by atoms with Gasteiger partial charge in [-0.25, -0.2) is 4.39 Å². The second-order valence-corrected chi connectivity index (χ2v) is 6.20. The molecule has 0 saturated carbocycles. The molecule has 1 rings (SSSR count). The minimum Gasteiger partial charge on any atom is -0.772 e. The van der Waals surface area contributed by atoms with Crippen molar-refractivity contribution >= 4 is 40.2 Å². The van der Waals surface area contributed by atoms with Crippen LogP contribution in [-0.2, 0) is 21.6 Å². The number of carbonyl (C=O) groups is 1. The van der Waals surface area contributed by atoms with Crippen molar-refractivity contribution in [3.8, 4) is 0 Å². The van der Waals surface area contributed by atoms with Crippen LogP contribution in [0.25, 0.3) is 0 Å². The lowest BCUT2D eigenvalue weighted by atomic mass is 10.0. The highest BCUT2D eigenvalue weighted by molar-refractivity contribution is 7.78. The number of alkyl halides is 3. The van der Waals surface area contributed by atoms with Crippen molar-refractivity contribution < 1.29 is 23.1 Å². The third-order valence-corrected chi connectivity index (χ3v) is 3.64. The molecule has 1 unspecified atom stereocenters. The minimum atomic E-state index is -2.22. The van der Waals surface area contributed by atoms with Gasteiger partial charge in [0.05, 0.1) is 6.04 Å². The lowest BCUT2D eigenvalue weighted by Gasteiger charge is -2.22. The summed E-state index contributed by atoms with van der Waals surface area (Å²) in [6, 6.07) is 4.72. The van der Waals surface area contributed by atoms with Crippen LogP contribution >= 0.6 is 23.2 Å². The SMILES string of the molecule is O=C(N[C@H](CF)[C@H](O)c1ccc(CS(=O)[O-])cc1)C(Cl)Cl. The zero-order chi connectivity index (χ0) is 16.0. The van der Waals surface area contributed by atoms with Gasteiger partial charge in [0.15, 0.2) is 4.84 Å². The van der Waals surface area contributed by atoms with Crippen LogP contribution < -0.4 is 5.32 Å². The molecule has 0 aliphatic carbocycles. The number of aliphatic hydroxyl groups excluding tert-OH is 1. The molecule has 0 saturated heterocycles. The van der Waals surface area contributed by atoms with Gasteiger partial charge in [0.2, 0.25) is 0 Å². The van der Waals surface area contributed by atoms with Crippen LogP contribution in [0.5, 0.6) is 0 Å². The lowest BCUT2D eigenvalue weighted by Crippen LogP contribution is -2.43. The van der Waals surface area contributed by atoms with E-state index in [2.05, 4.69) is 5.32 Å². The average Bonchev–Trinajstić information content (AvgIpc) is 2.43. The van der Waals surface area contributed by atoms with Crippen molar-refractivity contribution in [3.63, 3.8) is 0 Å². The van der Waals surface area contributed by atoms with Gasteiger partial charge in [-0.1, -0.05) is 58.5 Å². The second kappa shape index (κ2) is 8.65. The molecule has 0 heterocycles. The molecule has 0 aliphatic heterocycles. The zero-order valence-electron chi connectivity index (χ0n) is 10.7. The van der Waals surface area contributed by atoms with Crippen molar-refractivity contribution in [1.29, 1.82) is 0 Å². The zero-order valence-corrected chi connectivity index (χ0v) is 13.0. The van der Waals surface area contributed by atoms with Crippen LogP contribution in [0.15, 0.2) is 24.3 Å². The molecule has 5 nitrogen and oxygen atoms in total. The van der Waals surface area contributed by atoms with Crippen molar-refractivity contribution in [2.45, 2.75) is 22.7 Å². The molecule has 0 fully saturated rings. The van der Waals surface area contributed by atoms with E-state index < -0.39 is 40.6 Å². The molecule has 118 valence electrons. The van der Waals surface area contributed by atoms with Crippen LogP contribution in [-0.4, -0.2) is 37.3 Å². The maximum absolute atomic E-state index is 12.9. The minimum absolute atomic E-state index is 0.153. The third-order valence-electron chi connectivity index (χ3n) is 2.68. The first-order valence-corrected chi connectivity index (χ1v) is 7.94. The standard InChI is InChI=1S/C12H14Cl2FNO4S/c13-11(14)12(18)16-9(5-15)10(17)8-3-1-7(2-4-8)6-21(19)20/h1-4,9-11,17H,5-6H2,(H,16,18)(H,19,20)/p-1/t9-,10-/m1/s1. The van der Waals surface area contributed by atoms with Gasteiger partial charge < -0.3 is 15.0 Å². The fourth-order valence-corrected chi connectivity index (χ4v) is 2.22. The van der Waals surface area contributed by atoms with Gasteiger partial charge >= 0.3 is 0 Å². The fraction of sp³-hybridized carbons (Fsp3) is 0.417. The van der Waals surface area contributed by atoms with Crippen LogP contribution in [0.1, 0.15) is 17.2 Å². The quantitative estimate of drug-likeness (QED) is 0.570. The number of aliphatic hydroxyl groups is 1. The Hall–Kier alpha value is -0.730. The first-order valence-electron chi connectivity index (χ1n) is 5.82. The molecule has 3 atom stereocenters. The van der Waals surface area contributed by atoms with E-state index in [0.29, 0.717) is 11.1 Å². The summed E-state index contributed by atoms with van der Waals surface area (Å²) in [6.07, 6.45) is -1.31. The van der Waals surface area contributed by atoms with Crippen LogP contribution in [0.2, 0.25) is 0 Å². The van der Waals surface area contributed by atoms with E-state index in [1.165, 1.54) is 24.3 Å². The Morgan fingerprint density at radius 3 is 2.38 bits per heavy atom. The predicted molar refractivity (Wildman–Crippen MR) is 77.4 cm³/mol. The molecule has 9 heteroatoms. The molecule has 0 spiro atoms. The Morgan fingerprint density at radius 2 is 1.95 bits per heavy atom. The van der Waals surface area contributed by atoms with E-state index in [4.69, 9.17) is 23.2 Å². The number of hydrogen-bond donors (Lipinski definition) is 2. The number of benzene rings is 1. The van der Waals surface area contributed by atoms with E-state index in [9.17, 15) is 23.1 Å². The Labute approximate surface area is 133 Å². The highest BCUT2D eigenvalue weighted by atomic mass is 35.5. The Balaban J connectivity index is 2.77. The summed E-state index contributed by atoms with van der Waals surface area (Å²) >= 11 is 8.46. The number of hydrogen-bond acceptors (Lipinski definition) is 4. The Kier molecular flexibility index (Phi) is 7.55. The topological polar surface area (TPSA) is 89.5 Å². The van der Waals surface area contributed by atoms with Crippen molar-refractivity contribution in [2.75, 3.05) is 6.67 Å². The lowest BCUT2D eigenvalue weighted by molar-refractivity contribution is -0.121. The highest BCUT2D eigenvalue weighted by Crippen LogP contribution is 2.19. The van der Waals surface area contributed by atoms with Crippen LogP contribution in [0.4, 0.5) is 4.39 Å². The normalized spacial score (nSPS) is 15.5. The molecule has 0 aromatic heterocycles. The monoisotopic (exact) mass is 356 g/mol. The Morgan fingerprint density at radius 1 is 1.38 bits per heavy atom. The van der Waals surface area contributed by atoms with E-state index in [1.807, 2.05) is 0 Å². The van der Waals surface area contributed by atoms with Gasteiger partial charge in [-0.05, 0) is 11.1 Å². The Bertz CT molecular complexity index is 501. The summed E-state index contributed by atoms with van der Waals surface area (Å²) in [4.78, 5) is 9.94. The molecule has 1 aromatic carbocycles. The molecule has 0 bridgehead atoms. The second-order valence-electron chi connectivity index (χ2n) is 4.20. The average molecular weight is 357 g/mol. The molecular weight excluding hydrogens is 344 g/mol. The fourth-order valence-electron chi connectivity index (χ4n) is 1.63. The van der Waals surface area contributed by atoms with Crippen molar-refractivity contribution in [1.82, 2.24) is 5.32 Å². The maximum Gasteiger partial charge on any atom is 0.253 e. The number of carbonyl (C=O) groups excluding carboxylic acids is 1. The van der Waals surface area contributed by atoms with Gasteiger partial charge in [0.25, 0.3) is 5.91 Å². The first-order chi connectivity index (χ1) is 9.85. The molecule has 0 aliphatic rings. The molecular formula is C12H13Cl2FNO4S-. The van der Waals surface area contributed by atoms with Crippen molar-refractivity contribution in [3.05, 3.63) is 35.4 Å². The first kappa shape index (κ1) is 18.3. The molecule has 1 aromatic rings. The van der Waals surface area contributed by atoms with Crippen LogP contribution in [0, 0.1) is 0 Å². The van der Waals surface area contributed by atoms with E-state index in [0.717, 1.165) is 0 Å². The van der Waals surface area contributed by atoms with Gasteiger partial charge in [0.1, 0.15) is 12.8 Å². The molecule has 0 radical (unpaired) electrons. The number of rotatable bonds is 7.